The largest absolute Gasteiger partial charge is 0.433 e. The molecule has 0 radical (unpaired) electrons. The standard InChI is InChI=1S/C14H19F3N4/c1-18-13-19-11(14(15,16)17)8-12(20-13)21-7-6-9-4-2-3-5-10(9)21/h8-10H,2-7H2,1H3,(H,18,19,20). The van der Waals surface area contributed by atoms with E-state index < -0.39 is 11.9 Å². The Morgan fingerprint density at radius 1 is 1.19 bits per heavy atom. The van der Waals surface area contributed by atoms with Gasteiger partial charge in [0.1, 0.15) is 5.82 Å². The lowest BCUT2D eigenvalue weighted by Gasteiger charge is -2.32. The average molecular weight is 300 g/mol. The molecule has 1 aliphatic heterocycles. The van der Waals surface area contributed by atoms with E-state index in [1.807, 2.05) is 4.90 Å². The summed E-state index contributed by atoms with van der Waals surface area (Å²) in [6.07, 6.45) is 1.20. The molecule has 1 aliphatic carbocycles. The van der Waals surface area contributed by atoms with Crippen molar-refractivity contribution in [1.29, 1.82) is 0 Å². The van der Waals surface area contributed by atoms with Crippen molar-refractivity contribution in [3.8, 4) is 0 Å². The monoisotopic (exact) mass is 300 g/mol. The normalized spacial score (nSPS) is 25.8. The Morgan fingerprint density at radius 2 is 1.95 bits per heavy atom. The zero-order chi connectivity index (χ0) is 15.0. The molecule has 0 amide bonds. The summed E-state index contributed by atoms with van der Waals surface area (Å²) in [7, 11) is 1.53. The maximum atomic E-state index is 13.0. The Kier molecular flexibility index (Phi) is 3.67. The van der Waals surface area contributed by atoms with Gasteiger partial charge in [0.2, 0.25) is 5.95 Å². The molecule has 0 aromatic carbocycles. The first-order chi connectivity index (χ1) is 9.99. The molecule has 0 spiro atoms. The molecule has 116 valence electrons. The van der Waals surface area contributed by atoms with Crippen LogP contribution in [0.25, 0.3) is 0 Å². The van der Waals surface area contributed by atoms with Crippen molar-refractivity contribution in [3.05, 3.63) is 11.8 Å². The maximum absolute atomic E-state index is 13.0. The highest BCUT2D eigenvalue weighted by Gasteiger charge is 2.39. The highest BCUT2D eigenvalue weighted by atomic mass is 19.4. The Morgan fingerprint density at radius 3 is 2.67 bits per heavy atom. The van der Waals surface area contributed by atoms with Crippen molar-refractivity contribution in [2.45, 2.75) is 44.3 Å². The van der Waals surface area contributed by atoms with Gasteiger partial charge in [-0.15, -0.1) is 0 Å². The first-order valence-corrected chi connectivity index (χ1v) is 7.39. The van der Waals surface area contributed by atoms with Gasteiger partial charge in [-0.25, -0.2) is 4.98 Å². The molecule has 2 heterocycles. The first kappa shape index (κ1) is 14.4. The number of hydrogen-bond acceptors (Lipinski definition) is 4. The van der Waals surface area contributed by atoms with Gasteiger partial charge < -0.3 is 10.2 Å². The minimum absolute atomic E-state index is 0.0269. The quantitative estimate of drug-likeness (QED) is 0.910. The van der Waals surface area contributed by atoms with Crippen LogP contribution in [-0.2, 0) is 6.18 Å². The molecule has 4 nitrogen and oxygen atoms in total. The minimum atomic E-state index is -4.45. The number of rotatable bonds is 2. The molecular weight excluding hydrogens is 281 g/mol. The SMILES string of the molecule is CNc1nc(N2CCC3CCCCC32)cc(C(F)(F)F)n1. The van der Waals surface area contributed by atoms with Gasteiger partial charge in [0, 0.05) is 25.7 Å². The van der Waals surface area contributed by atoms with Crippen molar-refractivity contribution in [2.75, 3.05) is 23.8 Å². The Bertz CT molecular complexity index is 517. The highest BCUT2D eigenvalue weighted by Crippen LogP contribution is 2.39. The van der Waals surface area contributed by atoms with Crippen LogP contribution >= 0.6 is 0 Å². The molecule has 2 atom stereocenters. The van der Waals surface area contributed by atoms with Crippen molar-refractivity contribution in [2.24, 2.45) is 5.92 Å². The van der Waals surface area contributed by atoms with E-state index in [1.54, 1.807) is 0 Å². The van der Waals surface area contributed by atoms with Gasteiger partial charge in [0.25, 0.3) is 0 Å². The average Bonchev–Trinajstić information content (AvgIpc) is 2.89. The number of nitrogens with one attached hydrogen (secondary N) is 1. The first-order valence-electron chi connectivity index (χ1n) is 7.39. The van der Waals surface area contributed by atoms with Gasteiger partial charge in [-0.1, -0.05) is 12.8 Å². The molecule has 2 fully saturated rings. The molecule has 2 aliphatic rings. The molecule has 1 aromatic heterocycles. The molecule has 1 saturated heterocycles. The summed E-state index contributed by atoms with van der Waals surface area (Å²) in [5, 5.41) is 2.63. The predicted molar refractivity (Wildman–Crippen MR) is 74.3 cm³/mol. The van der Waals surface area contributed by atoms with Crippen LogP contribution in [0.2, 0.25) is 0 Å². The van der Waals surface area contributed by atoms with Crippen LogP contribution in [-0.4, -0.2) is 29.6 Å². The molecular formula is C14H19F3N4. The molecule has 21 heavy (non-hydrogen) atoms. The summed E-state index contributed by atoms with van der Waals surface area (Å²) in [5.41, 5.74) is -0.879. The van der Waals surface area contributed by atoms with Gasteiger partial charge in [0.05, 0.1) is 0 Å². The van der Waals surface area contributed by atoms with E-state index in [4.69, 9.17) is 0 Å². The molecule has 1 saturated carbocycles. The van der Waals surface area contributed by atoms with Crippen molar-refractivity contribution < 1.29 is 13.2 Å². The van der Waals surface area contributed by atoms with Crippen LogP contribution in [0.1, 0.15) is 37.8 Å². The molecule has 7 heteroatoms. The van der Waals surface area contributed by atoms with Crippen LogP contribution in [0.3, 0.4) is 0 Å². The fourth-order valence-electron chi connectivity index (χ4n) is 3.53. The fourth-order valence-corrected chi connectivity index (χ4v) is 3.53. The number of alkyl halides is 3. The van der Waals surface area contributed by atoms with Crippen LogP contribution in [0, 0.1) is 5.92 Å². The third kappa shape index (κ3) is 2.78. The summed E-state index contributed by atoms with van der Waals surface area (Å²) >= 11 is 0. The summed E-state index contributed by atoms with van der Waals surface area (Å²) in [6.45, 7) is 0.785. The summed E-state index contributed by atoms with van der Waals surface area (Å²) in [6, 6.07) is 1.41. The van der Waals surface area contributed by atoms with E-state index in [1.165, 1.54) is 19.9 Å². The number of halogens is 3. The minimum Gasteiger partial charge on any atom is -0.357 e. The smallest absolute Gasteiger partial charge is 0.357 e. The number of hydrogen-bond donors (Lipinski definition) is 1. The van der Waals surface area contributed by atoms with E-state index >= 15 is 0 Å². The number of aromatic nitrogens is 2. The maximum Gasteiger partial charge on any atom is 0.433 e. The van der Waals surface area contributed by atoms with Crippen molar-refractivity contribution in [1.82, 2.24) is 9.97 Å². The second-order valence-electron chi connectivity index (χ2n) is 5.78. The van der Waals surface area contributed by atoms with Gasteiger partial charge in [-0.3, -0.25) is 0 Å². The van der Waals surface area contributed by atoms with Crippen LogP contribution in [0.4, 0.5) is 24.9 Å². The summed E-state index contributed by atoms with van der Waals surface area (Å²) < 4.78 is 38.9. The topological polar surface area (TPSA) is 41.1 Å². The molecule has 1 aromatic rings. The predicted octanol–water partition coefficient (Wildman–Crippen LogP) is 3.31. The van der Waals surface area contributed by atoms with E-state index in [9.17, 15) is 13.2 Å². The molecule has 2 unspecified atom stereocenters. The second kappa shape index (κ2) is 5.35. The fraction of sp³-hybridized carbons (Fsp3) is 0.714. The lowest BCUT2D eigenvalue weighted by molar-refractivity contribution is -0.141. The van der Waals surface area contributed by atoms with E-state index in [0.717, 1.165) is 31.9 Å². The zero-order valence-corrected chi connectivity index (χ0v) is 12.0. The zero-order valence-electron chi connectivity index (χ0n) is 12.0. The third-order valence-corrected chi connectivity index (χ3v) is 4.53. The van der Waals surface area contributed by atoms with E-state index in [2.05, 4.69) is 15.3 Å². The van der Waals surface area contributed by atoms with E-state index in [-0.39, 0.29) is 5.95 Å². The van der Waals surface area contributed by atoms with Gasteiger partial charge in [-0.05, 0) is 25.2 Å². The Hall–Kier alpha value is -1.53. The van der Waals surface area contributed by atoms with Gasteiger partial charge in [-0.2, -0.15) is 18.2 Å². The van der Waals surface area contributed by atoms with Gasteiger partial charge >= 0.3 is 6.18 Å². The number of fused-ring (bicyclic) bond motifs is 1. The van der Waals surface area contributed by atoms with Crippen LogP contribution in [0.15, 0.2) is 6.07 Å². The Labute approximate surface area is 121 Å². The lowest BCUT2D eigenvalue weighted by atomic mass is 9.85. The Balaban J connectivity index is 1.94. The number of anilines is 2. The highest BCUT2D eigenvalue weighted by molar-refractivity contribution is 5.47. The van der Waals surface area contributed by atoms with Gasteiger partial charge in [0.15, 0.2) is 5.69 Å². The third-order valence-electron chi connectivity index (χ3n) is 4.53. The molecule has 1 N–H and O–H groups in total. The number of nitrogens with zero attached hydrogens (tertiary/aromatic N) is 3. The van der Waals surface area contributed by atoms with Crippen molar-refractivity contribution >= 4 is 11.8 Å². The second-order valence-corrected chi connectivity index (χ2v) is 5.78. The van der Waals surface area contributed by atoms with Crippen LogP contribution < -0.4 is 10.2 Å². The summed E-state index contributed by atoms with van der Waals surface area (Å²) in [5.74, 6) is 1.02. The van der Waals surface area contributed by atoms with Crippen LogP contribution in [0.5, 0.6) is 0 Å². The molecule has 3 rings (SSSR count). The van der Waals surface area contributed by atoms with E-state index in [0.29, 0.717) is 17.8 Å². The summed E-state index contributed by atoms with van der Waals surface area (Å²) in [4.78, 5) is 9.81. The lowest BCUT2D eigenvalue weighted by Crippen LogP contribution is -2.35. The van der Waals surface area contributed by atoms with Crippen molar-refractivity contribution in [3.63, 3.8) is 0 Å². The molecule has 0 bridgehead atoms.